The normalized spacial score (nSPS) is 14.4. The predicted octanol–water partition coefficient (Wildman–Crippen LogP) is 1.36. The number of halogens is 1. The van der Waals surface area contributed by atoms with Crippen LogP contribution in [0.5, 0.6) is 0 Å². The number of aliphatic hydroxyl groups is 2. The van der Waals surface area contributed by atoms with Gasteiger partial charge in [0.2, 0.25) is 0 Å². The summed E-state index contributed by atoms with van der Waals surface area (Å²) in [5, 5.41) is 29.8. The number of rotatable bonds is 5. The molecule has 0 bridgehead atoms. The van der Waals surface area contributed by atoms with E-state index in [1.807, 2.05) is 0 Å². The van der Waals surface area contributed by atoms with Crippen molar-refractivity contribution >= 4 is 29.9 Å². The third-order valence-corrected chi connectivity index (χ3v) is 2.74. The number of aliphatic hydroxyl groups excluding tert-OH is 2. The third-order valence-electron chi connectivity index (χ3n) is 2.17. The molecule has 0 aliphatic carbocycles. The number of aromatic nitrogens is 1. The average molecular weight is 279 g/mol. The number of nitrogens with zero attached hydrogens (tertiary/aromatic N) is 2. The molecule has 0 spiro atoms. The maximum Gasteiger partial charge on any atom is 0.288 e. The summed E-state index contributed by atoms with van der Waals surface area (Å²) < 4.78 is 0. The highest BCUT2D eigenvalue weighted by Gasteiger charge is 2.23. The van der Waals surface area contributed by atoms with Crippen LogP contribution in [0.15, 0.2) is 12.3 Å². The van der Waals surface area contributed by atoms with Crippen molar-refractivity contribution in [2.45, 2.75) is 18.6 Å². The number of hydrogen-bond acceptors (Lipinski definition) is 6. The number of thiol groups is 1. The van der Waals surface area contributed by atoms with E-state index in [0.717, 1.165) is 12.3 Å². The zero-order valence-corrected chi connectivity index (χ0v) is 10.3. The summed E-state index contributed by atoms with van der Waals surface area (Å²) in [4.78, 5) is 13.5. The Hall–Kier alpha value is -0.890. The van der Waals surface area contributed by atoms with Crippen LogP contribution in [0.1, 0.15) is 18.1 Å². The van der Waals surface area contributed by atoms with E-state index >= 15 is 0 Å². The summed E-state index contributed by atoms with van der Waals surface area (Å²) in [6.07, 6.45) is -1.18. The lowest BCUT2D eigenvalue weighted by Crippen LogP contribution is -2.19. The highest BCUT2D eigenvalue weighted by Crippen LogP contribution is 2.28. The molecule has 0 amide bonds. The second-order valence-corrected chi connectivity index (χ2v) is 4.16. The summed E-state index contributed by atoms with van der Waals surface area (Å²) in [6.45, 7) is 0. The van der Waals surface area contributed by atoms with Crippen molar-refractivity contribution in [3.63, 3.8) is 0 Å². The lowest BCUT2D eigenvalue weighted by atomic mass is 10.0. The molecule has 1 aromatic rings. The zero-order chi connectivity index (χ0) is 13.0. The monoisotopic (exact) mass is 278 g/mol. The summed E-state index contributed by atoms with van der Waals surface area (Å²) in [5.41, 5.74) is -0.253. The maximum absolute atomic E-state index is 10.5. The minimum atomic E-state index is -1.32. The van der Waals surface area contributed by atoms with Gasteiger partial charge in [0, 0.05) is 11.6 Å². The van der Waals surface area contributed by atoms with Crippen LogP contribution in [0, 0.1) is 10.1 Å². The summed E-state index contributed by atoms with van der Waals surface area (Å²) in [7, 11) is 0. The van der Waals surface area contributed by atoms with Crippen molar-refractivity contribution in [1.29, 1.82) is 0 Å². The molecular formula is C9H11ClN2O4S. The van der Waals surface area contributed by atoms with Crippen LogP contribution >= 0.6 is 24.2 Å². The van der Waals surface area contributed by atoms with Gasteiger partial charge in [-0.15, -0.1) is 0 Å². The smallest absolute Gasteiger partial charge is 0.288 e. The van der Waals surface area contributed by atoms with Crippen LogP contribution in [0.3, 0.4) is 0 Å². The molecule has 0 aliphatic rings. The summed E-state index contributed by atoms with van der Waals surface area (Å²) in [6, 6.07) is 1.10. The second kappa shape index (κ2) is 6.15. The highest BCUT2D eigenvalue weighted by molar-refractivity contribution is 7.80. The van der Waals surface area contributed by atoms with Crippen LogP contribution in [0.4, 0.5) is 5.69 Å². The molecule has 0 saturated carbocycles. The Labute approximate surface area is 108 Å². The number of nitro groups is 1. The van der Waals surface area contributed by atoms with E-state index in [2.05, 4.69) is 17.6 Å². The molecule has 1 aromatic heterocycles. The average Bonchev–Trinajstić information content (AvgIpc) is 2.28. The summed E-state index contributed by atoms with van der Waals surface area (Å²) in [5.74, 6) is 0.373. The number of hydrogen-bond donors (Lipinski definition) is 3. The van der Waals surface area contributed by atoms with E-state index in [9.17, 15) is 20.3 Å². The Morgan fingerprint density at radius 1 is 1.59 bits per heavy atom. The van der Waals surface area contributed by atoms with Gasteiger partial charge in [0.25, 0.3) is 5.69 Å². The molecule has 0 saturated heterocycles. The molecule has 8 heteroatoms. The molecule has 17 heavy (non-hydrogen) atoms. The van der Waals surface area contributed by atoms with Gasteiger partial charge in [0.05, 0.1) is 11.0 Å². The minimum absolute atomic E-state index is 0.0372. The molecule has 2 N–H and O–H groups in total. The van der Waals surface area contributed by atoms with Crippen LogP contribution in [0.25, 0.3) is 0 Å². The van der Waals surface area contributed by atoms with E-state index in [0.29, 0.717) is 5.75 Å². The fraction of sp³-hybridized carbons (Fsp3) is 0.444. The topological polar surface area (TPSA) is 96.5 Å². The molecule has 0 radical (unpaired) electrons. The van der Waals surface area contributed by atoms with Gasteiger partial charge in [-0.2, -0.15) is 12.6 Å². The van der Waals surface area contributed by atoms with Gasteiger partial charge in [-0.1, -0.05) is 11.6 Å². The van der Waals surface area contributed by atoms with E-state index in [-0.39, 0.29) is 22.8 Å². The number of pyridine rings is 1. The van der Waals surface area contributed by atoms with Crippen molar-refractivity contribution in [3.05, 3.63) is 33.1 Å². The molecule has 94 valence electrons. The first kappa shape index (κ1) is 14.2. The van der Waals surface area contributed by atoms with Crippen molar-refractivity contribution in [1.82, 2.24) is 4.98 Å². The Kier molecular flexibility index (Phi) is 5.13. The quantitative estimate of drug-likeness (QED) is 0.327. The van der Waals surface area contributed by atoms with Gasteiger partial charge >= 0.3 is 0 Å². The Morgan fingerprint density at radius 3 is 2.76 bits per heavy atom. The predicted molar refractivity (Wildman–Crippen MR) is 65.3 cm³/mol. The zero-order valence-electron chi connectivity index (χ0n) is 8.65. The van der Waals surface area contributed by atoms with E-state index in [4.69, 9.17) is 11.6 Å². The van der Waals surface area contributed by atoms with Gasteiger partial charge in [-0.05, 0) is 12.2 Å². The van der Waals surface area contributed by atoms with Gasteiger partial charge in [-0.25, -0.2) is 4.98 Å². The SMILES string of the molecule is O=[N+]([O-])c1cnc(Cl)c(C(O)C(O)CCS)c1. The van der Waals surface area contributed by atoms with Crippen LogP contribution in [-0.4, -0.2) is 32.0 Å². The molecule has 1 rings (SSSR count). The Morgan fingerprint density at radius 2 is 2.24 bits per heavy atom. The molecule has 6 nitrogen and oxygen atoms in total. The first-order valence-electron chi connectivity index (χ1n) is 4.74. The summed E-state index contributed by atoms with van der Waals surface area (Å²) >= 11 is 9.63. The lowest BCUT2D eigenvalue weighted by molar-refractivity contribution is -0.385. The van der Waals surface area contributed by atoms with Crippen molar-refractivity contribution in [3.8, 4) is 0 Å². The van der Waals surface area contributed by atoms with Crippen molar-refractivity contribution in [2.24, 2.45) is 0 Å². The maximum atomic E-state index is 10.5. The first-order valence-corrected chi connectivity index (χ1v) is 5.75. The van der Waals surface area contributed by atoms with Crippen LogP contribution in [-0.2, 0) is 0 Å². The molecule has 0 aromatic carbocycles. The van der Waals surface area contributed by atoms with Gasteiger partial charge in [-0.3, -0.25) is 10.1 Å². The molecule has 2 unspecified atom stereocenters. The first-order chi connectivity index (χ1) is 7.97. The minimum Gasteiger partial charge on any atom is -0.390 e. The largest absolute Gasteiger partial charge is 0.390 e. The van der Waals surface area contributed by atoms with Crippen molar-refractivity contribution < 1.29 is 15.1 Å². The lowest BCUT2D eigenvalue weighted by Gasteiger charge is -2.17. The standard InChI is InChI=1S/C9H11ClN2O4S/c10-9-6(8(14)7(13)1-2-17)3-5(4-11-9)12(15)16/h3-4,7-8,13-14,17H,1-2H2. The molecule has 2 atom stereocenters. The molecule has 1 heterocycles. The van der Waals surface area contributed by atoms with Crippen LogP contribution < -0.4 is 0 Å². The Balaban J connectivity index is 3.03. The van der Waals surface area contributed by atoms with Gasteiger partial charge in [0.15, 0.2) is 0 Å². The van der Waals surface area contributed by atoms with E-state index < -0.39 is 17.1 Å². The van der Waals surface area contributed by atoms with Crippen molar-refractivity contribution in [2.75, 3.05) is 5.75 Å². The van der Waals surface area contributed by atoms with Gasteiger partial charge in [0.1, 0.15) is 17.5 Å². The van der Waals surface area contributed by atoms with Crippen LogP contribution in [0.2, 0.25) is 5.15 Å². The van der Waals surface area contributed by atoms with E-state index in [1.54, 1.807) is 0 Å². The molecule has 0 aliphatic heterocycles. The van der Waals surface area contributed by atoms with E-state index in [1.165, 1.54) is 0 Å². The Bertz CT molecular complexity index is 418. The second-order valence-electron chi connectivity index (χ2n) is 3.36. The highest BCUT2D eigenvalue weighted by atomic mass is 35.5. The van der Waals surface area contributed by atoms with Gasteiger partial charge < -0.3 is 10.2 Å². The molecule has 0 fully saturated rings. The fourth-order valence-electron chi connectivity index (χ4n) is 1.26. The third kappa shape index (κ3) is 3.53. The molecular weight excluding hydrogens is 268 g/mol. The fourth-order valence-corrected chi connectivity index (χ4v) is 1.74.